The summed E-state index contributed by atoms with van der Waals surface area (Å²) < 4.78 is 32.3. The van der Waals surface area contributed by atoms with Crippen LogP contribution in [0.1, 0.15) is 12.8 Å². The normalized spacial score (nSPS) is 17.3. The fourth-order valence-corrected chi connectivity index (χ4v) is 4.39. The maximum Gasteiger partial charge on any atom is 0.240 e. The predicted octanol–water partition coefficient (Wildman–Crippen LogP) is 1.45. The molecule has 5 nitrogen and oxygen atoms in total. The summed E-state index contributed by atoms with van der Waals surface area (Å²) in [7, 11) is -2.04. The van der Waals surface area contributed by atoms with Crippen LogP contribution in [0.25, 0.3) is 0 Å². The van der Waals surface area contributed by atoms with Crippen molar-refractivity contribution in [2.45, 2.75) is 23.8 Å². The highest BCUT2D eigenvalue weighted by Gasteiger charge is 2.22. The van der Waals surface area contributed by atoms with Crippen LogP contribution in [0.4, 0.5) is 5.69 Å². The smallest absolute Gasteiger partial charge is 0.240 e. The molecule has 0 saturated carbocycles. The summed E-state index contributed by atoms with van der Waals surface area (Å²) in [6.45, 7) is 0. The summed E-state index contributed by atoms with van der Waals surface area (Å²) in [5.41, 5.74) is 6.11. The van der Waals surface area contributed by atoms with E-state index in [1.54, 1.807) is 6.07 Å². The Labute approximate surface area is 118 Å². The number of hydrogen-bond donors (Lipinski definition) is 2. The lowest BCUT2D eigenvalue weighted by Gasteiger charge is -2.22. The number of hydrogen-bond acceptors (Lipinski definition) is 5. The molecule has 0 aliphatic carbocycles. The number of ether oxygens (including phenoxy) is 1. The Morgan fingerprint density at radius 2 is 2.05 bits per heavy atom. The number of rotatable bonds is 4. The van der Waals surface area contributed by atoms with Crippen molar-refractivity contribution in [1.29, 1.82) is 0 Å². The van der Waals surface area contributed by atoms with E-state index in [1.165, 1.54) is 19.2 Å². The molecule has 19 heavy (non-hydrogen) atoms. The Bertz CT molecular complexity index is 540. The molecule has 1 heterocycles. The van der Waals surface area contributed by atoms with Crippen molar-refractivity contribution >= 4 is 27.5 Å². The van der Waals surface area contributed by atoms with Crippen LogP contribution < -0.4 is 15.2 Å². The number of nitrogen functional groups attached to an aromatic ring is 1. The summed E-state index contributed by atoms with van der Waals surface area (Å²) in [5, 5.41) is 0. The number of nitrogens with one attached hydrogen (secondary N) is 1. The van der Waals surface area contributed by atoms with E-state index >= 15 is 0 Å². The van der Waals surface area contributed by atoms with Gasteiger partial charge in [0.2, 0.25) is 10.0 Å². The van der Waals surface area contributed by atoms with E-state index in [4.69, 9.17) is 10.5 Å². The Balaban J connectivity index is 2.18. The molecule has 1 aromatic rings. The van der Waals surface area contributed by atoms with Crippen molar-refractivity contribution in [1.82, 2.24) is 4.72 Å². The number of benzene rings is 1. The minimum absolute atomic E-state index is 0.0230. The van der Waals surface area contributed by atoms with Gasteiger partial charge >= 0.3 is 0 Å². The fourth-order valence-electron chi connectivity index (χ4n) is 1.96. The molecule has 3 N–H and O–H groups in total. The van der Waals surface area contributed by atoms with Gasteiger partial charge < -0.3 is 10.5 Å². The van der Waals surface area contributed by atoms with Crippen molar-refractivity contribution in [2.24, 2.45) is 0 Å². The highest BCUT2D eigenvalue weighted by molar-refractivity contribution is 7.99. The van der Waals surface area contributed by atoms with Crippen LogP contribution in [0.5, 0.6) is 5.75 Å². The number of thioether (sulfide) groups is 1. The summed E-state index contributed by atoms with van der Waals surface area (Å²) in [4.78, 5) is 0.191. The maximum absolute atomic E-state index is 12.3. The first-order valence-electron chi connectivity index (χ1n) is 6.06. The molecule has 0 atom stereocenters. The Kier molecular flexibility index (Phi) is 4.59. The van der Waals surface area contributed by atoms with Gasteiger partial charge in [-0.05, 0) is 36.5 Å². The van der Waals surface area contributed by atoms with E-state index in [9.17, 15) is 8.42 Å². The molecule has 1 fully saturated rings. The molecule has 7 heteroatoms. The lowest BCUT2D eigenvalue weighted by atomic mass is 10.2. The summed E-state index contributed by atoms with van der Waals surface area (Å²) in [6, 6.07) is 4.52. The molecule has 0 aromatic heterocycles. The van der Waals surface area contributed by atoms with E-state index in [2.05, 4.69) is 4.72 Å². The molecule has 0 amide bonds. The molecule has 2 rings (SSSR count). The van der Waals surface area contributed by atoms with Crippen LogP contribution in [-0.4, -0.2) is 33.1 Å². The van der Waals surface area contributed by atoms with Gasteiger partial charge in [-0.2, -0.15) is 11.8 Å². The zero-order valence-corrected chi connectivity index (χ0v) is 12.4. The zero-order chi connectivity index (χ0) is 13.9. The van der Waals surface area contributed by atoms with Gasteiger partial charge in [0.1, 0.15) is 5.75 Å². The number of anilines is 1. The van der Waals surface area contributed by atoms with Crippen molar-refractivity contribution in [3.05, 3.63) is 18.2 Å². The summed E-state index contributed by atoms with van der Waals surface area (Å²) in [6.07, 6.45) is 1.74. The van der Waals surface area contributed by atoms with Gasteiger partial charge in [0, 0.05) is 12.1 Å². The first kappa shape index (κ1) is 14.5. The van der Waals surface area contributed by atoms with Gasteiger partial charge in [0.15, 0.2) is 0 Å². The molecule has 1 aliphatic rings. The summed E-state index contributed by atoms with van der Waals surface area (Å²) >= 11 is 1.86. The minimum atomic E-state index is -3.50. The molecule has 106 valence electrons. The van der Waals surface area contributed by atoms with Crippen LogP contribution >= 0.6 is 11.8 Å². The molecule has 1 aliphatic heterocycles. The second-order valence-electron chi connectivity index (χ2n) is 4.41. The molecule has 1 saturated heterocycles. The van der Waals surface area contributed by atoms with Gasteiger partial charge in [-0.25, -0.2) is 13.1 Å². The third-order valence-electron chi connectivity index (χ3n) is 3.06. The van der Waals surface area contributed by atoms with Crippen LogP contribution in [0.2, 0.25) is 0 Å². The molecular formula is C12H18N2O3S2. The third-order valence-corrected chi connectivity index (χ3v) is 5.63. The largest absolute Gasteiger partial charge is 0.495 e. The van der Waals surface area contributed by atoms with E-state index in [1.807, 2.05) is 11.8 Å². The monoisotopic (exact) mass is 302 g/mol. The van der Waals surface area contributed by atoms with Crippen LogP contribution in [0.15, 0.2) is 23.1 Å². The van der Waals surface area contributed by atoms with Crippen molar-refractivity contribution < 1.29 is 13.2 Å². The molecule has 1 aromatic carbocycles. The van der Waals surface area contributed by atoms with Crippen LogP contribution in [-0.2, 0) is 10.0 Å². The minimum Gasteiger partial charge on any atom is -0.495 e. The van der Waals surface area contributed by atoms with E-state index < -0.39 is 10.0 Å². The lowest BCUT2D eigenvalue weighted by Crippen LogP contribution is -2.37. The maximum atomic E-state index is 12.3. The number of methoxy groups -OCH3 is 1. The van der Waals surface area contributed by atoms with Crippen LogP contribution in [0, 0.1) is 0 Å². The van der Waals surface area contributed by atoms with Gasteiger partial charge in [-0.15, -0.1) is 0 Å². The first-order valence-corrected chi connectivity index (χ1v) is 8.70. The van der Waals surface area contributed by atoms with E-state index in [-0.39, 0.29) is 10.9 Å². The van der Waals surface area contributed by atoms with Gasteiger partial charge in [0.25, 0.3) is 0 Å². The fraction of sp³-hybridized carbons (Fsp3) is 0.500. The van der Waals surface area contributed by atoms with E-state index in [0.29, 0.717) is 11.4 Å². The third kappa shape index (κ3) is 3.55. The second-order valence-corrected chi connectivity index (χ2v) is 7.35. The number of sulfonamides is 1. The standard InChI is InChI=1S/C12H18N2O3S2/c1-17-12-8-10(2-3-11(12)13)19(15,16)14-9-4-6-18-7-5-9/h2-3,8-9,14H,4-7,13H2,1H3. The molecular weight excluding hydrogens is 284 g/mol. The topological polar surface area (TPSA) is 81.4 Å². The predicted molar refractivity (Wildman–Crippen MR) is 78.1 cm³/mol. The van der Waals surface area contributed by atoms with Crippen molar-refractivity contribution in [2.75, 3.05) is 24.3 Å². The molecule has 0 spiro atoms. The molecule has 0 radical (unpaired) electrons. The first-order chi connectivity index (χ1) is 9.03. The Morgan fingerprint density at radius 1 is 1.37 bits per heavy atom. The van der Waals surface area contributed by atoms with Gasteiger partial charge in [-0.3, -0.25) is 0 Å². The van der Waals surface area contributed by atoms with Crippen LogP contribution in [0.3, 0.4) is 0 Å². The highest BCUT2D eigenvalue weighted by Crippen LogP contribution is 2.25. The highest BCUT2D eigenvalue weighted by atomic mass is 32.2. The number of nitrogens with two attached hydrogens (primary N) is 1. The SMILES string of the molecule is COc1cc(S(=O)(=O)NC2CCSCC2)ccc1N. The summed E-state index contributed by atoms with van der Waals surface area (Å²) in [5.74, 6) is 2.37. The van der Waals surface area contributed by atoms with Crippen molar-refractivity contribution in [3.63, 3.8) is 0 Å². The lowest BCUT2D eigenvalue weighted by molar-refractivity contribution is 0.415. The zero-order valence-electron chi connectivity index (χ0n) is 10.8. The second kappa shape index (κ2) is 6.02. The van der Waals surface area contributed by atoms with E-state index in [0.717, 1.165) is 24.3 Å². The Hall–Kier alpha value is -0.920. The van der Waals surface area contributed by atoms with Crippen molar-refractivity contribution in [3.8, 4) is 5.75 Å². The molecule has 0 bridgehead atoms. The van der Waals surface area contributed by atoms with Gasteiger partial charge in [0.05, 0.1) is 17.7 Å². The van der Waals surface area contributed by atoms with Gasteiger partial charge in [-0.1, -0.05) is 0 Å². The Morgan fingerprint density at radius 3 is 2.68 bits per heavy atom. The average molecular weight is 302 g/mol. The quantitative estimate of drug-likeness (QED) is 0.823. The molecule has 0 unspecified atom stereocenters. The average Bonchev–Trinajstić information content (AvgIpc) is 2.39.